The summed E-state index contributed by atoms with van der Waals surface area (Å²) in [4.78, 5) is 29.8. The second-order valence-corrected chi connectivity index (χ2v) is 5.29. The predicted molar refractivity (Wildman–Crippen MR) is 95.1 cm³/mol. The summed E-state index contributed by atoms with van der Waals surface area (Å²) < 4.78 is 5.97. The zero-order valence-electron chi connectivity index (χ0n) is 14.4. The Hall–Kier alpha value is -4.04. The highest BCUT2D eigenvalue weighted by atomic mass is 16.7. The van der Waals surface area contributed by atoms with Gasteiger partial charge in [0.25, 0.3) is 5.56 Å². The van der Waals surface area contributed by atoms with Gasteiger partial charge in [0, 0.05) is 6.07 Å². The van der Waals surface area contributed by atoms with Gasteiger partial charge in [0.1, 0.15) is 29.2 Å². The highest BCUT2D eigenvalue weighted by Crippen LogP contribution is 2.17. The molecule has 0 aliphatic heterocycles. The van der Waals surface area contributed by atoms with E-state index in [1.807, 2.05) is 6.07 Å². The molecule has 2 aromatic rings. The van der Waals surface area contributed by atoms with Crippen molar-refractivity contribution in [2.45, 2.75) is 6.92 Å². The molecule has 2 rings (SSSR count). The van der Waals surface area contributed by atoms with E-state index in [4.69, 9.17) is 20.1 Å². The Morgan fingerprint density at radius 2 is 2.00 bits per heavy atom. The zero-order valence-corrected chi connectivity index (χ0v) is 14.4. The maximum Gasteiger partial charge on any atom is 0.298 e. The molecule has 0 bridgehead atoms. The van der Waals surface area contributed by atoms with Crippen molar-refractivity contribution in [3.05, 3.63) is 63.6 Å². The Bertz CT molecular complexity index is 1030. The minimum absolute atomic E-state index is 0.106. The summed E-state index contributed by atoms with van der Waals surface area (Å²) in [7, 11) is 0. The number of hydrogen-bond acceptors (Lipinski definition) is 7. The molecule has 1 N–H and O–H groups in total. The second-order valence-electron chi connectivity index (χ2n) is 5.29. The standard InChI is InChI=1S/C19H15N3O5/c1-13-11-17(24)18(19(25)22(13)27-10-8-21)16(23)6-5-14-3-2-4-15(12-14)26-9-7-20/h2-6,11-12,24H,9-10H2,1H3/b6-5+. The molecule has 0 amide bonds. The van der Waals surface area contributed by atoms with Crippen LogP contribution in [0.15, 0.2) is 41.2 Å². The van der Waals surface area contributed by atoms with Crippen LogP contribution >= 0.6 is 0 Å². The molecule has 27 heavy (non-hydrogen) atoms. The molecule has 8 nitrogen and oxygen atoms in total. The molecule has 0 spiro atoms. The van der Waals surface area contributed by atoms with Gasteiger partial charge in [0.2, 0.25) is 6.61 Å². The molecule has 136 valence electrons. The van der Waals surface area contributed by atoms with Crippen LogP contribution in [-0.4, -0.2) is 28.8 Å². The van der Waals surface area contributed by atoms with E-state index in [0.717, 1.165) is 10.8 Å². The van der Waals surface area contributed by atoms with Gasteiger partial charge >= 0.3 is 0 Å². The summed E-state index contributed by atoms with van der Waals surface area (Å²) in [6.07, 6.45) is 2.57. The maximum absolute atomic E-state index is 12.4. The van der Waals surface area contributed by atoms with Gasteiger partial charge in [-0.05, 0) is 30.7 Å². The fourth-order valence-electron chi connectivity index (χ4n) is 2.26. The zero-order chi connectivity index (χ0) is 19.8. The number of aromatic nitrogens is 1. The summed E-state index contributed by atoms with van der Waals surface area (Å²) in [6, 6.07) is 11.4. The summed E-state index contributed by atoms with van der Waals surface area (Å²) >= 11 is 0. The molecule has 0 saturated heterocycles. The van der Waals surface area contributed by atoms with Gasteiger partial charge in [-0.15, -0.1) is 4.73 Å². The SMILES string of the molecule is Cc1cc(O)c(C(=O)/C=C/c2cccc(OCC#N)c2)c(=O)n1OCC#N. The van der Waals surface area contributed by atoms with Gasteiger partial charge in [0.05, 0.1) is 5.69 Å². The Kier molecular flexibility index (Phi) is 6.34. The first kappa shape index (κ1) is 19.3. The van der Waals surface area contributed by atoms with E-state index >= 15 is 0 Å². The number of benzene rings is 1. The molecule has 1 heterocycles. The van der Waals surface area contributed by atoms with Crippen LogP contribution in [0.1, 0.15) is 21.6 Å². The van der Waals surface area contributed by atoms with E-state index in [-0.39, 0.29) is 18.9 Å². The lowest BCUT2D eigenvalue weighted by molar-refractivity contribution is 0.102. The lowest BCUT2D eigenvalue weighted by Crippen LogP contribution is -2.32. The van der Waals surface area contributed by atoms with Crippen molar-refractivity contribution in [3.8, 4) is 23.6 Å². The van der Waals surface area contributed by atoms with E-state index in [9.17, 15) is 14.7 Å². The maximum atomic E-state index is 12.4. The minimum Gasteiger partial charge on any atom is -0.507 e. The van der Waals surface area contributed by atoms with E-state index in [2.05, 4.69) is 0 Å². The minimum atomic E-state index is -0.858. The summed E-state index contributed by atoms with van der Waals surface area (Å²) in [5.41, 5.74) is -0.475. The number of ether oxygens (including phenoxy) is 1. The predicted octanol–water partition coefficient (Wildman–Crippen LogP) is 1.61. The lowest BCUT2D eigenvalue weighted by Gasteiger charge is -2.11. The van der Waals surface area contributed by atoms with Gasteiger partial charge in [0.15, 0.2) is 12.4 Å². The number of aryl methyl sites for hydroxylation is 1. The number of allylic oxidation sites excluding steroid dienone is 1. The third-order valence-electron chi connectivity index (χ3n) is 3.41. The highest BCUT2D eigenvalue weighted by molar-refractivity contribution is 6.08. The Morgan fingerprint density at radius 1 is 1.26 bits per heavy atom. The van der Waals surface area contributed by atoms with Crippen LogP contribution in [-0.2, 0) is 0 Å². The number of aromatic hydroxyl groups is 1. The summed E-state index contributed by atoms with van der Waals surface area (Å²) in [5, 5.41) is 27.1. The number of ketones is 1. The number of nitriles is 2. The van der Waals surface area contributed by atoms with E-state index in [1.165, 1.54) is 19.1 Å². The third kappa shape index (κ3) is 4.74. The van der Waals surface area contributed by atoms with Gasteiger partial charge < -0.3 is 14.7 Å². The van der Waals surface area contributed by atoms with E-state index in [0.29, 0.717) is 11.3 Å². The molecule has 0 atom stereocenters. The first-order valence-electron chi connectivity index (χ1n) is 7.76. The first-order valence-corrected chi connectivity index (χ1v) is 7.76. The smallest absolute Gasteiger partial charge is 0.298 e. The number of carbonyl (C=O) groups is 1. The quantitative estimate of drug-likeness (QED) is 0.583. The fraction of sp³-hybridized carbons (Fsp3) is 0.158. The van der Waals surface area contributed by atoms with E-state index < -0.39 is 22.7 Å². The van der Waals surface area contributed by atoms with Crippen molar-refractivity contribution in [1.29, 1.82) is 10.5 Å². The van der Waals surface area contributed by atoms with E-state index in [1.54, 1.807) is 30.3 Å². The van der Waals surface area contributed by atoms with Crippen molar-refractivity contribution >= 4 is 11.9 Å². The average molecular weight is 365 g/mol. The van der Waals surface area contributed by atoms with Gasteiger partial charge in [-0.2, -0.15) is 10.5 Å². The number of hydrogen-bond donors (Lipinski definition) is 1. The van der Waals surface area contributed by atoms with Gasteiger partial charge in [-0.1, -0.05) is 18.2 Å². The largest absolute Gasteiger partial charge is 0.507 e. The molecule has 0 aliphatic rings. The Morgan fingerprint density at radius 3 is 2.70 bits per heavy atom. The molecular formula is C19H15N3O5. The number of rotatable bonds is 7. The molecule has 1 aromatic carbocycles. The normalized spacial score (nSPS) is 10.2. The molecule has 1 aromatic heterocycles. The van der Waals surface area contributed by atoms with Crippen LogP contribution in [0.2, 0.25) is 0 Å². The number of carbonyl (C=O) groups excluding carboxylic acids is 1. The van der Waals surface area contributed by atoms with Gasteiger partial charge in [-0.25, -0.2) is 0 Å². The van der Waals surface area contributed by atoms with Crippen LogP contribution in [0.5, 0.6) is 11.5 Å². The fourth-order valence-corrected chi connectivity index (χ4v) is 2.26. The Labute approximate surface area is 154 Å². The van der Waals surface area contributed by atoms with Crippen molar-refractivity contribution < 1.29 is 19.5 Å². The highest BCUT2D eigenvalue weighted by Gasteiger charge is 2.18. The molecule has 0 fully saturated rings. The van der Waals surface area contributed by atoms with Crippen LogP contribution in [0, 0.1) is 29.6 Å². The summed E-state index contributed by atoms with van der Waals surface area (Å²) in [5.74, 6) is -0.748. The van der Waals surface area contributed by atoms with Crippen molar-refractivity contribution in [3.63, 3.8) is 0 Å². The molecule has 8 heteroatoms. The lowest BCUT2D eigenvalue weighted by atomic mass is 10.1. The monoisotopic (exact) mass is 365 g/mol. The topological polar surface area (TPSA) is 125 Å². The molecular weight excluding hydrogens is 350 g/mol. The average Bonchev–Trinajstić information content (AvgIpc) is 2.64. The van der Waals surface area contributed by atoms with Crippen LogP contribution in [0.25, 0.3) is 6.08 Å². The van der Waals surface area contributed by atoms with Crippen LogP contribution < -0.4 is 15.1 Å². The number of nitrogens with zero attached hydrogens (tertiary/aromatic N) is 3. The molecule has 0 saturated carbocycles. The summed E-state index contributed by atoms with van der Waals surface area (Å²) in [6.45, 7) is 1.01. The van der Waals surface area contributed by atoms with Gasteiger partial charge in [-0.3, -0.25) is 9.59 Å². The van der Waals surface area contributed by atoms with Crippen molar-refractivity contribution in [2.24, 2.45) is 0 Å². The first-order chi connectivity index (χ1) is 13.0. The third-order valence-corrected chi connectivity index (χ3v) is 3.41. The molecule has 0 radical (unpaired) electrons. The molecule has 0 unspecified atom stereocenters. The Balaban J connectivity index is 2.31. The number of pyridine rings is 1. The van der Waals surface area contributed by atoms with Crippen molar-refractivity contribution in [1.82, 2.24) is 4.73 Å². The van der Waals surface area contributed by atoms with Crippen LogP contribution in [0.3, 0.4) is 0 Å². The molecule has 0 aliphatic carbocycles. The van der Waals surface area contributed by atoms with Crippen LogP contribution in [0.4, 0.5) is 0 Å². The second kappa shape index (κ2) is 8.88. The van der Waals surface area contributed by atoms with Crippen molar-refractivity contribution in [2.75, 3.05) is 13.2 Å².